The van der Waals surface area contributed by atoms with Gasteiger partial charge in [0.1, 0.15) is 5.65 Å². The predicted molar refractivity (Wildman–Crippen MR) is 58.7 cm³/mol. The van der Waals surface area contributed by atoms with Crippen molar-refractivity contribution in [2.75, 3.05) is 0 Å². The van der Waals surface area contributed by atoms with Gasteiger partial charge in [-0.05, 0) is 32.4 Å². The third-order valence-corrected chi connectivity index (χ3v) is 2.59. The summed E-state index contributed by atoms with van der Waals surface area (Å²) in [7, 11) is 0. The summed E-state index contributed by atoms with van der Waals surface area (Å²) in [5, 5.41) is 8.97. The monoisotopic (exact) mass is 199 g/mol. The largest absolute Gasteiger partial charge is 0.302 e. The van der Waals surface area contributed by atoms with E-state index in [1.54, 1.807) is 0 Å². The second-order valence-corrected chi connectivity index (χ2v) is 3.87. The van der Waals surface area contributed by atoms with Crippen molar-refractivity contribution in [2.45, 2.75) is 26.7 Å². The number of rotatable bonds is 1. The number of nitrogens with zero attached hydrogens (tertiary/aromatic N) is 3. The van der Waals surface area contributed by atoms with Crippen LogP contribution in [0, 0.1) is 25.2 Å². The molecule has 0 radical (unpaired) electrons. The molecule has 2 aromatic heterocycles. The van der Waals surface area contributed by atoms with Crippen LogP contribution in [0.2, 0.25) is 0 Å². The Morgan fingerprint density at radius 3 is 2.80 bits per heavy atom. The van der Waals surface area contributed by atoms with Crippen molar-refractivity contribution in [1.29, 1.82) is 5.26 Å². The molecule has 76 valence electrons. The summed E-state index contributed by atoms with van der Waals surface area (Å²) in [5.41, 5.74) is 4.02. The molecule has 3 heteroatoms. The maximum absolute atomic E-state index is 8.97. The number of aryl methyl sites for hydroxylation is 2. The summed E-state index contributed by atoms with van der Waals surface area (Å²) in [6.07, 6.45) is 2.03. The molecule has 0 saturated heterocycles. The Morgan fingerprint density at radius 1 is 1.40 bits per heavy atom. The number of hydrogen-bond donors (Lipinski definition) is 0. The van der Waals surface area contributed by atoms with E-state index in [1.165, 1.54) is 5.56 Å². The van der Waals surface area contributed by atoms with Gasteiger partial charge in [-0.25, -0.2) is 4.98 Å². The smallest absolute Gasteiger partial charge is 0.137 e. The Kier molecular flexibility index (Phi) is 2.20. The van der Waals surface area contributed by atoms with E-state index in [-0.39, 0.29) is 5.92 Å². The molecule has 0 aromatic carbocycles. The lowest BCUT2D eigenvalue weighted by atomic mass is 10.1. The van der Waals surface area contributed by atoms with Crippen LogP contribution in [0.3, 0.4) is 0 Å². The third-order valence-electron chi connectivity index (χ3n) is 2.59. The summed E-state index contributed by atoms with van der Waals surface area (Å²) in [4.78, 5) is 4.44. The molecule has 1 unspecified atom stereocenters. The highest BCUT2D eigenvalue weighted by atomic mass is 15.0. The van der Waals surface area contributed by atoms with Crippen molar-refractivity contribution >= 4 is 5.65 Å². The molecular weight excluding hydrogens is 186 g/mol. The normalized spacial score (nSPS) is 12.7. The zero-order valence-electron chi connectivity index (χ0n) is 9.15. The molecule has 0 aliphatic heterocycles. The predicted octanol–water partition coefficient (Wildman–Crippen LogP) is 2.58. The van der Waals surface area contributed by atoms with Crippen molar-refractivity contribution in [3.8, 4) is 6.07 Å². The number of pyridine rings is 1. The van der Waals surface area contributed by atoms with Gasteiger partial charge in [0.2, 0.25) is 0 Å². The zero-order chi connectivity index (χ0) is 11.0. The van der Waals surface area contributed by atoms with Crippen LogP contribution in [-0.4, -0.2) is 9.38 Å². The molecule has 0 N–H and O–H groups in total. The van der Waals surface area contributed by atoms with Crippen LogP contribution < -0.4 is 0 Å². The van der Waals surface area contributed by atoms with Crippen molar-refractivity contribution < 1.29 is 0 Å². The van der Waals surface area contributed by atoms with Gasteiger partial charge in [0, 0.05) is 6.20 Å². The lowest BCUT2D eigenvalue weighted by Crippen LogP contribution is -1.98. The van der Waals surface area contributed by atoms with Gasteiger partial charge in [-0.1, -0.05) is 6.07 Å². The van der Waals surface area contributed by atoms with Gasteiger partial charge in [0.05, 0.1) is 23.4 Å². The Balaban J connectivity index is 2.77. The lowest BCUT2D eigenvalue weighted by molar-refractivity contribution is 0.881. The first-order chi connectivity index (χ1) is 7.13. The van der Waals surface area contributed by atoms with E-state index in [9.17, 15) is 0 Å². The number of hydrogen-bond acceptors (Lipinski definition) is 2. The highest BCUT2D eigenvalue weighted by Gasteiger charge is 2.14. The molecule has 2 heterocycles. The average molecular weight is 199 g/mol. The summed E-state index contributed by atoms with van der Waals surface area (Å²) < 4.78 is 2.01. The number of fused-ring (bicyclic) bond motifs is 1. The maximum atomic E-state index is 8.97. The fourth-order valence-electron chi connectivity index (χ4n) is 1.87. The van der Waals surface area contributed by atoms with Crippen molar-refractivity contribution in [1.82, 2.24) is 9.38 Å². The standard InChI is InChI=1S/C12H13N3/c1-8-4-5-11-14-10(3)12(9(2)6-13)15(11)7-8/h4-5,7,9H,1-3H3. The minimum atomic E-state index is -0.123. The highest BCUT2D eigenvalue weighted by molar-refractivity contribution is 5.46. The first-order valence-corrected chi connectivity index (χ1v) is 4.98. The van der Waals surface area contributed by atoms with Gasteiger partial charge in [-0.15, -0.1) is 0 Å². The van der Waals surface area contributed by atoms with E-state index < -0.39 is 0 Å². The number of nitriles is 1. The Morgan fingerprint density at radius 2 is 2.13 bits per heavy atom. The van der Waals surface area contributed by atoms with Gasteiger partial charge < -0.3 is 4.40 Å². The lowest BCUT2D eigenvalue weighted by Gasteiger charge is -2.04. The second kappa shape index (κ2) is 3.39. The minimum Gasteiger partial charge on any atom is -0.302 e. The zero-order valence-corrected chi connectivity index (χ0v) is 9.15. The third kappa shape index (κ3) is 1.48. The molecule has 0 saturated carbocycles. The fourth-order valence-corrected chi connectivity index (χ4v) is 1.87. The Labute approximate surface area is 89.0 Å². The van der Waals surface area contributed by atoms with E-state index in [1.807, 2.05) is 43.5 Å². The van der Waals surface area contributed by atoms with Crippen LogP contribution in [0.1, 0.15) is 29.8 Å². The summed E-state index contributed by atoms with van der Waals surface area (Å²) in [6.45, 7) is 5.89. The molecule has 0 bridgehead atoms. The first kappa shape index (κ1) is 9.72. The van der Waals surface area contributed by atoms with E-state index in [0.29, 0.717) is 0 Å². The van der Waals surface area contributed by atoms with E-state index in [4.69, 9.17) is 5.26 Å². The Hall–Kier alpha value is -1.82. The van der Waals surface area contributed by atoms with Gasteiger partial charge in [-0.2, -0.15) is 5.26 Å². The SMILES string of the molecule is Cc1ccc2nc(C)c(C(C)C#N)n2c1. The first-order valence-electron chi connectivity index (χ1n) is 4.98. The molecule has 1 atom stereocenters. The number of imidazole rings is 1. The van der Waals surface area contributed by atoms with Crippen LogP contribution in [0.5, 0.6) is 0 Å². The average Bonchev–Trinajstić information content (AvgIpc) is 2.52. The molecule has 0 amide bonds. The van der Waals surface area contributed by atoms with Gasteiger partial charge in [0.25, 0.3) is 0 Å². The summed E-state index contributed by atoms with van der Waals surface area (Å²) in [5.74, 6) is -0.123. The molecular formula is C12H13N3. The topological polar surface area (TPSA) is 41.1 Å². The van der Waals surface area contributed by atoms with Crippen LogP contribution in [0.4, 0.5) is 0 Å². The fraction of sp³-hybridized carbons (Fsp3) is 0.333. The number of aromatic nitrogens is 2. The molecule has 2 aromatic rings. The second-order valence-electron chi connectivity index (χ2n) is 3.87. The minimum absolute atomic E-state index is 0.123. The van der Waals surface area contributed by atoms with Crippen LogP contribution in [-0.2, 0) is 0 Å². The quantitative estimate of drug-likeness (QED) is 0.708. The van der Waals surface area contributed by atoms with Crippen LogP contribution in [0.15, 0.2) is 18.3 Å². The van der Waals surface area contributed by atoms with Crippen LogP contribution >= 0.6 is 0 Å². The molecule has 0 fully saturated rings. The Bertz CT molecular complexity index is 546. The van der Waals surface area contributed by atoms with E-state index in [2.05, 4.69) is 11.1 Å². The molecule has 3 nitrogen and oxygen atoms in total. The van der Waals surface area contributed by atoms with Crippen molar-refractivity contribution in [2.24, 2.45) is 0 Å². The molecule has 0 aliphatic carbocycles. The van der Waals surface area contributed by atoms with Crippen molar-refractivity contribution in [3.63, 3.8) is 0 Å². The maximum Gasteiger partial charge on any atom is 0.137 e. The van der Waals surface area contributed by atoms with Gasteiger partial charge in [-0.3, -0.25) is 0 Å². The van der Waals surface area contributed by atoms with Crippen LogP contribution in [0.25, 0.3) is 5.65 Å². The molecule has 0 spiro atoms. The molecule has 15 heavy (non-hydrogen) atoms. The van der Waals surface area contributed by atoms with Gasteiger partial charge >= 0.3 is 0 Å². The van der Waals surface area contributed by atoms with Gasteiger partial charge in [0.15, 0.2) is 0 Å². The molecule has 2 rings (SSSR count). The van der Waals surface area contributed by atoms with Crippen molar-refractivity contribution in [3.05, 3.63) is 35.3 Å². The van der Waals surface area contributed by atoms with E-state index in [0.717, 1.165) is 17.0 Å². The molecule has 0 aliphatic rings. The summed E-state index contributed by atoms with van der Waals surface area (Å²) in [6, 6.07) is 6.27. The van der Waals surface area contributed by atoms with E-state index >= 15 is 0 Å². The highest BCUT2D eigenvalue weighted by Crippen LogP contribution is 2.21. The summed E-state index contributed by atoms with van der Waals surface area (Å²) >= 11 is 0.